The lowest BCUT2D eigenvalue weighted by Crippen LogP contribution is -1.92. The molecule has 0 saturated heterocycles. The molecule has 0 heterocycles. The van der Waals surface area contributed by atoms with Crippen LogP contribution in [0.4, 0.5) is 0 Å². The average Bonchev–Trinajstić information content (AvgIpc) is 2.81. The highest BCUT2D eigenvalue weighted by molar-refractivity contribution is 5.95. The second-order valence-corrected chi connectivity index (χ2v) is 6.83. The third-order valence-corrected chi connectivity index (χ3v) is 4.98. The normalized spacial score (nSPS) is 14.4. The lowest BCUT2D eigenvalue weighted by atomic mass is 9.86. The Kier molecular flexibility index (Phi) is 3.11. The fraction of sp³-hybridized carbons (Fsp3) is 0. The highest BCUT2D eigenvalue weighted by Crippen LogP contribution is 2.41. The van der Waals surface area contributed by atoms with Gasteiger partial charge in [0.05, 0.1) is 11.0 Å². The van der Waals surface area contributed by atoms with Gasteiger partial charge >= 0.3 is 0 Å². The molecule has 5 aromatic rings. The van der Waals surface area contributed by atoms with Crippen molar-refractivity contribution in [3.8, 4) is 44.5 Å². The predicted octanol–water partition coefficient (Wildman–Crippen LogP) is 8.35. The molecular formula is C30H22. The van der Waals surface area contributed by atoms with Gasteiger partial charge in [0.1, 0.15) is 0 Å². The van der Waals surface area contributed by atoms with Crippen molar-refractivity contribution < 1.29 is 11.0 Å². The Labute approximate surface area is 189 Å². The lowest BCUT2D eigenvalue weighted by Gasteiger charge is -2.18. The molecule has 0 fully saturated rings. The molecule has 0 saturated carbocycles. The standard InChI is InChI=1S/C30H22/c1-5-13-23(14-6-1)27-21-29(25-17-9-3-10-18-25)30(26-19-11-4-12-20-26)22-28(27)24-15-7-2-8-16-24/h1-22H/i5D,6D,7D,8D,9D,10D,11D,12D. The molecule has 0 radical (unpaired) electrons. The second kappa shape index (κ2) is 8.23. The van der Waals surface area contributed by atoms with E-state index in [-0.39, 0.29) is 48.3 Å². The van der Waals surface area contributed by atoms with E-state index in [1.54, 1.807) is 48.5 Å². The zero-order valence-corrected chi connectivity index (χ0v) is 16.1. The summed E-state index contributed by atoms with van der Waals surface area (Å²) in [6, 6.07) is 24.0. The van der Waals surface area contributed by atoms with Crippen LogP contribution in [0.15, 0.2) is 133 Å². The van der Waals surface area contributed by atoms with Crippen LogP contribution >= 0.6 is 0 Å². The van der Waals surface area contributed by atoms with Crippen molar-refractivity contribution in [3.05, 3.63) is 133 Å². The summed E-state index contributed by atoms with van der Waals surface area (Å²) in [5, 5.41) is 0. The minimum absolute atomic E-state index is 0.168. The van der Waals surface area contributed by atoms with Gasteiger partial charge in [0.25, 0.3) is 0 Å². The van der Waals surface area contributed by atoms with Crippen LogP contribution in [0.2, 0.25) is 0 Å². The van der Waals surface area contributed by atoms with Crippen molar-refractivity contribution in [3.63, 3.8) is 0 Å². The van der Waals surface area contributed by atoms with Crippen molar-refractivity contribution in [2.75, 3.05) is 0 Å². The van der Waals surface area contributed by atoms with E-state index in [1.807, 2.05) is 12.1 Å². The van der Waals surface area contributed by atoms with E-state index in [2.05, 4.69) is 0 Å². The summed E-state index contributed by atoms with van der Waals surface area (Å²) >= 11 is 0. The molecule has 0 atom stereocenters. The molecule has 0 spiro atoms. The summed E-state index contributed by atoms with van der Waals surface area (Å²) in [5.41, 5.74) is 5.06. The van der Waals surface area contributed by atoms with E-state index in [4.69, 9.17) is 11.0 Å². The van der Waals surface area contributed by atoms with E-state index in [1.165, 1.54) is 24.3 Å². The molecule has 0 aliphatic rings. The Morgan fingerprint density at radius 2 is 0.533 bits per heavy atom. The highest BCUT2D eigenvalue weighted by atomic mass is 14.2. The van der Waals surface area contributed by atoms with Crippen LogP contribution in [0.3, 0.4) is 0 Å². The van der Waals surface area contributed by atoms with Gasteiger partial charge < -0.3 is 0 Å². The summed E-state index contributed by atoms with van der Waals surface area (Å²) in [6.45, 7) is 0. The molecule has 5 aromatic carbocycles. The number of hydrogen-bond acceptors (Lipinski definition) is 0. The molecule has 0 heteroatoms. The zero-order chi connectivity index (χ0) is 27.1. The van der Waals surface area contributed by atoms with E-state index < -0.39 is 0 Å². The molecule has 5 rings (SSSR count). The van der Waals surface area contributed by atoms with E-state index in [0.29, 0.717) is 44.5 Å². The van der Waals surface area contributed by atoms with Gasteiger partial charge in [-0.25, -0.2) is 0 Å². The number of rotatable bonds is 4. The van der Waals surface area contributed by atoms with Gasteiger partial charge in [-0.2, -0.15) is 0 Å². The third kappa shape index (κ3) is 3.56. The van der Waals surface area contributed by atoms with Crippen molar-refractivity contribution in [1.82, 2.24) is 0 Å². The molecule has 0 aliphatic heterocycles. The van der Waals surface area contributed by atoms with Crippen LogP contribution < -0.4 is 0 Å². The van der Waals surface area contributed by atoms with Crippen molar-refractivity contribution >= 4 is 0 Å². The van der Waals surface area contributed by atoms with E-state index >= 15 is 0 Å². The molecule has 0 aliphatic carbocycles. The van der Waals surface area contributed by atoms with Crippen LogP contribution in [-0.2, 0) is 0 Å². The summed E-state index contributed by atoms with van der Waals surface area (Å²) < 4.78 is 65.6. The third-order valence-electron chi connectivity index (χ3n) is 4.98. The topological polar surface area (TPSA) is 0 Å². The SMILES string of the molecule is [2H]c1cc([2H])cc(-c2cc(-c3cc([2H])cc([2H])c3)c(-c3cc([2H])cc([2H])c3)cc2-c2cc([2H])cc([2H])c2)c1. The monoisotopic (exact) mass is 390 g/mol. The molecule has 0 unspecified atom stereocenters. The maximum absolute atomic E-state index is 8.20. The van der Waals surface area contributed by atoms with Gasteiger partial charge in [-0.05, 0) is 56.6 Å². The minimum atomic E-state index is 0.168. The zero-order valence-electron chi connectivity index (χ0n) is 24.1. The molecule has 0 amide bonds. The van der Waals surface area contributed by atoms with Crippen molar-refractivity contribution in [2.45, 2.75) is 0 Å². The molecule has 0 aromatic heterocycles. The Hall–Kier alpha value is -3.90. The average molecular weight is 391 g/mol. The maximum Gasteiger partial charge on any atom is 0.0623 e. The highest BCUT2D eigenvalue weighted by Gasteiger charge is 2.15. The van der Waals surface area contributed by atoms with Crippen LogP contribution in [0.1, 0.15) is 11.0 Å². The van der Waals surface area contributed by atoms with Gasteiger partial charge in [-0.15, -0.1) is 0 Å². The first kappa shape index (κ1) is 11.3. The van der Waals surface area contributed by atoms with Gasteiger partial charge in [-0.1, -0.05) is 121 Å². The fourth-order valence-electron chi connectivity index (χ4n) is 3.59. The number of hydrogen-bond donors (Lipinski definition) is 0. The van der Waals surface area contributed by atoms with Crippen molar-refractivity contribution in [1.29, 1.82) is 0 Å². The van der Waals surface area contributed by atoms with Gasteiger partial charge in [0.2, 0.25) is 0 Å². The summed E-state index contributed by atoms with van der Waals surface area (Å²) in [7, 11) is 0. The van der Waals surface area contributed by atoms with Crippen molar-refractivity contribution in [2.24, 2.45) is 0 Å². The Morgan fingerprint density at radius 1 is 0.333 bits per heavy atom. The first-order valence-electron chi connectivity index (χ1n) is 13.6. The minimum Gasteiger partial charge on any atom is -0.0622 e. The summed E-state index contributed by atoms with van der Waals surface area (Å²) in [4.78, 5) is 0. The first-order valence-corrected chi connectivity index (χ1v) is 9.58. The fourth-order valence-corrected chi connectivity index (χ4v) is 3.59. The van der Waals surface area contributed by atoms with Crippen LogP contribution in [0.5, 0.6) is 0 Å². The van der Waals surface area contributed by atoms with Gasteiger partial charge in [0.15, 0.2) is 0 Å². The molecule has 30 heavy (non-hydrogen) atoms. The number of benzene rings is 5. The van der Waals surface area contributed by atoms with Gasteiger partial charge in [-0.3, -0.25) is 0 Å². The molecule has 142 valence electrons. The first-order chi connectivity index (χ1) is 18.0. The lowest BCUT2D eigenvalue weighted by molar-refractivity contribution is 1.54. The molecule has 0 nitrogen and oxygen atoms in total. The Bertz CT molecular complexity index is 1380. The van der Waals surface area contributed by atoms with Crippen LogP contribution in [0.25, 0.3) is 44.5 Å². The maximum atomic E-state index is 8.20. The molecular weight excluding hydrogens is 360 g/mol. The molecule has 0 N–H and O–H groups in total. The van der Waals surface area contributed by atoms with E-state index in [0.717, 1.165) is 0 Å². The van der Waals surface area contributed by atoms with Crippen LogP contribution in [-0.4, -0.2) is 0 Å². The smallest absolute Gasteiger partial charge is 0.0622 e. The predicted molar refractivity (Wildman–Crippen MR) is 128 cm³/mol. The quantitative estimate of drug-likeness (QED) is 0.289. The Balaban J connectivity index is 1.93. The summed E-state index contributed by atoms with van der Waals surface area (Å²) in [5.74, 6) is 0. The second-order valence-electron chi connectivity index (χ2n) is 6.83. The largest absolute Gasteiger partial charge is 0.0623 e. The molecule has 0 bridgehead atoms. The van der Waals surface area contributed by atoms with E-state index in [9.17, 15) is 0 Å². The summed E-state index contributed by atoms with van der Waals surface area (Å²) in [6.07, 6.45) is 0. The Morgan fingerprint density at radius 3 is 0.733 bits per heavy atom. The van der Waals surface area contributed by atoms with Gasteiger partial charge in [0, 0.05) is 0 Å². The van der Waals surface area contributed by atoms with Crippen LogP contribution in [0, 0.1) is 0 Å².